The van der Waals surface area contributed by atoms with Crippen LogP contribution in [-0.4, -0.2) is 14.0 Å². The van der Waals surface area contributed by atoms with E-state index in [1.165, 1.54) is 11.1 Å². The first-order chi connectivity index (χ1) is 14.3. The zero-order chi connectivity index (χ0) is 19.4. The molecule has 2 heterocycles. The molecule has 6 aromatic rings. The number of rotatable bonds is 2. The van der Waals surface area contributed by atoms with Crippen LogP contribution in [0.4, 0.5) is 0 Å². The highest BCUT2D eigenvalue weighted by atomic mass is 35.5. The third-order valence-electron chi connectivity index (χ3n) is 5.37. The summed E-state index contributed by atoms with van der Waals surface area (Å²) in [7, 11) is 0. The summed E-state index contributed by atoms with van der Waals surface area (Å²) in [5.41, 5.74) is 7.61. The summed E-state index contributed by atoms with van der Waals surface area (Å²) in [6, 6.07) is 33.2. The van der Waals surface area contributed by atoms with E-state index >= 15 is 0 Å². The summed E-state index contributed by atoms with van der Waals surface area (Å²) in [4.78, 5) is 4.94. The molecule has 0 radical (unpaired) electrons. The number of nitrogens with zero attached hydrogens (tertiary/aromatic N) is 3. The van der Waals surface area contributed by atoms with Crippen LogP contribution in [0, 0.1) is 0 Å². The molecule has 0 saturated heterocycles. The van der Waals surface area contributed by atoms with Gasteiger partial charge in [-0.05, 0) is 53.6 Å². The Kier molecular flexibility index (Phi) is 3.52. The van der Waals surface area contributed by atoms with Crippen molar-refractivity contribution in [2.75, 3.05) is 0 Å². The summed E-state index contributed by atoms with van der Waals surface area (Å²) in [6.07, 6.45) is 0. The van der Waals surface area contributed by atoms with E-state index in [1.54, 1.807) is 0 Å². The van der Waals surface area contributed by atoms with E-state index in [1.807, 2.05) is 36.4 Å². The lowest BCUT2D eigenvalue weighted by Crippen LogP contribution is -1.95. The molecular weight excluding hydrogens is 378 g/mol. The summed E-state index contributed by atoms with van der Waals surface area (Å²) in [5.74, 6) is 0.883. The van der Waals surface area contributed by atoms with E-state index in [-0.39, 0.29) is 0 Å². The molecule has 0 unspecified atom stereocenters. The molecule has 0 fully saturated rings. The Hall–Kier alpha value is -3.56. The first kappa shape index (κ1) is 16.4. The van der Waals surface area contributed by atoms with Crippen LogP contribution in [0.1, 0.15) is 0 Å². The van der Waals surface area contributed by atoms with Gasteiger partial charge in [0.15, 0.2) is 0 Å². The van der Waals surface area contributed by atoms with Gasteiger partial charge >= 0.3 is 0 Å². The van der Waals surface area contributed by atoms with Gasteiger partial charge in [0.1, 0.15) is 0 Å². The lowest BCUT2D eigenvalue weighted by Gasteiger charge is -2.08. The van der Waals surface area contributed by atoms with Crippen molar-refractivity contribution in [1.82, 2.24) is 14.0 Å². The lowest BCUT2D eigenvalue weighted by molar-refractivity contribution is 1.11. The minimum absolute atomic E-state index is 0.715. The van der Waals surface area contributed by atoms with Crippen molar-refractivity contribution in [3.05, 3.63) is 102 Å². The van der Waals surface area contributed by atoms with Crippen LogP contribution in [0.5, 0.6) is 0 Å². The molecule has 0 aliphatic heterocycles. The fraction of sp³-hybridized carbons (Fsp3) is 0. The fourth-order valence-corrected chi connectivity index (χ4v) is 4.25. The van der Waals surface area contributed by atoms with Gasteiger partial charge in [-0.1, -0.05) is 66.2 Å². The predicted molar refractivity (Wildman–Crippen MR) is 120 cm³/mol. The number of benzene rings is 4. The highest BCUT2D eigenvalue weighted by Crippen LogP contribution is 2.32. The monoisotopic (exact) mass is 393 g/mol. The van der Waals surface area contributed by atoms with Crippen LogP contribution in [-0.2, 0) is 0 Å². The Balaban J connectivity index is 1.71. The van der Waals surface area contributed by atoms with Gasteiger partial charge in [-0.25, -0.2) is 4.98 Å². The number of fused-ring (bicyclic) bond motifs is 5. The maximum Gasteiger partial charge on any atom is 0.220 e. The van der Waals surface area contributed by atoms with Crippen molar-refractivity contribution in [3.8, 4) is 16.8 Å². The number of aromatic nitrogens is 3. The average molecular weight is 394 g/mol. The highest BCUT2D eigenvalue weighted by molar-refractivity contribution is 6.31. The normalized spacial score (nSPS) is 11.6. The molecule has 0 aliphatic carbocycles. The average Bonchev–Trinajstić information content (AvgIpc) is 3.29. The molecule has 0 bridgehead atoms. The van der Waals surface area contributed by atoms with Crippen molar-refractivity contribution < 1.29 is 0 Å². The molecule has 4 aromatic carbocycles. The molecule has 0 N–H and O–H groups in total. The van der Waals surface area contributed by atoms with E-state index in [4.69, 9.17) is 16.6 Å². The molecule has 2 aromatic heterocycles. The molecule has 0 atom stereocenters. The van der Waals surface area contributed by atoms with Gasteiger partial charge in [0.25, 0.3) is 0 Å². The van der Waals surface area contributed by atoms with Gasteiger partial charge in [0.2, 0.25) is 5.78 Å². The molecule has 4 heteroatoms. The number of hydrogen-bond donors (Lipinski definition) is 0. The Morgan fingerprint density at radius 2 is 1.41 bits per heavy atom. The van der Waals surface area contributed by atoms with E-state index in [0.717, 1.165) is 33.5 Å². The van der Waals surface area contributed by atoms with Gasteiger partial charge in [-0.2, -0.15) is 0 Å². The van der Waals surface area contributed by atoms with Crippen LogP contribution >= 0.6 is 11.6 Å². The Labute approximate surface area is 172 Å². The summed E-state index contributed by atoms with van der Waals surface area (Å²) >= 11 is 6.35. The molecule has 0 spiro atoms. The molecule has 0 amide bonds. The van der Waals surface area contributed by atoms with Gasteiger partial charge in [0.05, 0.1) is 22.1 Å². The quantitative estimate of drug-likeness (QED) is 0.319. The molecular formula is C25H16ClN3. The number of imidazole rings is 2. The second-order valence-corrected chi connectivity index (χ2v) is 7.56. The predicted octanol–water partition coefficient (Wildman–Crippen LogP) is 6.75. The van der Waals surface area contributed by atoms with Gasteiger partial charge in [-0.3, -0.25) is 8.97 Å². The minimum atomic E-state index is 0.715. The topological polar surface area (TPSA) is 22.2 Å². The van der Waals surface area contributed by atoms with Crippen LogP contribution < -0.4 is 0 Å². The second-order valence-electron chi connectivity index (χ2n) is 7.12. The van der Waals surface area contributed by atoms with Crippen molar-refractivity contribution in [2.45, 2.75) is 0 Å². The Morgan fingerprint density at radius 3 is 2.31 bits per heavy atom. The SMILES string of the molecule is Clc1ccc2c(c1)n1c3ccccc3nc1n2-c1cccc(-c2ccccc2)c1. The molecule has 138 valence electrons. The molecule has 6 rings (SSSR count). The largest absolute Gasteiger partial charge is 0.278 e. The zero-order valence-corrected chi connectivity index (χ0v) is 16.2. The summed E-state index contributed by atoms with van der Waals surface area (Å²) in [5, 5.41) is 0.715. The maximum atomic E-state index is 6.35. The molecule has 3 nitrogen and oxygen atoms in total. The lowest BCUT2D eigenvalue weighted by atomic mass is 10.1. The smallest absolute Gasteiger partial charge is 0.220 e. The van der Waals surface area contributed by atoms with Crippen LogP contribution in [0.15, 0.2) is 97.1 Å². The van der Waals surface area contributed by atoms with Crippen molar-refractivity contribution in [2.24, 2.45) is 0 Å². The van der Waals surface area contributed by atoms with E-state index < -0.39 is 0 Å². The van der Waals surface area contributed by atoms with Crippen molar-refractivity contribution in [3.63, 3.8) is 0 Å². The first-order valence-corrected chi connectivity index (χ1v) is 9.90. The second kappa shape index (κ2) is 6.23. The van der Waals surface area contributed by atoms with E-state index in [2.05, 4.69) is 69.6 Å². The Bertz CT molecular complexity index is 1510. The zero-order valence-electron chi connectivity index (χ0n) is 15.5. The van der Waals surface area contributed by atoms with Crippen LogP contribution in [0.3, 0.4) is 0 Å². The summed E-state index contributed by atoms with van der Waals surface area (Å²) in [6.45, 7) is 0. The van der Waals surface area contributed by atoms with Crippen LogP contribution in [0.2, 0.25) is 5.02 Å². The van der Waals surface area contributed by atoms with Crippen molar-refractivity contribution >= 4 is 39.4 Å². The molecule has 29 heavy (non-hydrogen) atoms. The van der Waals surface area contributed by atoms with Gasteiger partial charge in [-0.15, -0.1) is 0 Å². The standard InChI is InChI=1S/C25H16ClN3/c26-19-13-14-23-24(16-19)29-22-12-5-4-11-21(22)27-25(29)28(23)20-10-6-9-18(15-20)17-7-2-1-3-8-17/h1-16H. The van der Waals surface area contributed by atoms with Crippen LogP contribution in [0.25, 0.3) is 44.7 Å². The number of halogens is 1. The van der Waals surface area contributed by atoms with Crippen molar-refractivity contribution in [1.29, 1.82) is 0 Å². The van der Waals surface area contributed by atoms with Gasteiger partial charge < -0.3 is 0 Å². The molecule has 0 aliphatic rings. The van der Waals surface area contributed by atoms with E-state index in [0.29, 0.717) is 5.02 Å². The Morgan fingerprint density at radius 1 is 0.621 bits per heavy atom. The maximum absolute atomic E-state index is 6.35. The van der Waals surface area contributed by atoms with Gasteiger partial charge in [0, 0.05) is 10.7 Å². The fourth-order valence-electron chi connectivity index (χ4n) is 4.08. The number of para-hydroxylation sites is 2. The number of hydrogen-bond acceptors (Lipinski definition) is 1. The molecule has 0 saturated carbocycles. The summed E-state index contributed by atoms with van der Waals surface area (Å²) < 4.78 is 4.39. The highest BCUT2D eigenvalue weighted by Gasteiger charge is 2.17. The third kappa shape index (κ3) is 2.48. The first-order valence-electron chi connectivity index (χ1n) is 9.53. The van der Waals surface area contributed by atoms with E-state index in [9.17, 15) is 0 Å². The third-order valence-corrected chi connectivity index (χ3v) is 5.61. The minimum Gasteiger partial charge on any atom is -0.278 e.